The van der Waals surface area contributed by atoms with E-state index in [1.165, 1.54) is 36.1 Å². The fourth-order valence-corrected chi connectivity index (χ4v) is 2.76. The molecule has 0 radical (unpaired) electrons. The van der Waals surface area contributed by atoms with Gasteiger partial charge in [0.1, 0.15) is 18.1 Å². The summed E-state index contributed by atoms with van der Waals surface area (Å²) >= 11 is 0. The number of aromatic nitrogens is 4. The topological polar surface area (TPSA) is 108 Å². The van der Waals surface area contributed by atoms with Gasteiger partial charge in [-0.15, -0.1) is 0 Å². The Hall–Kier alpha value is -3.70. The molecule has 9 nitrogen and oxygen atoms in total. The molecular weight excluding hydrogens is 393 g/mol. The third kappa shape index (κ3) is 4.59. The lowest BCUT2D eigenvalue weighted by atomic mass is 10.2. The summed E-state index contributed by atoms with van der Waals surface area (Å²) in [4.78, 5) is 22.2. The van der Waals surface area contributed by atoms with Crippen molar-refractivity contribution in [2.75, 3.05) is 5.32 Å². The van der Waals surface area contributed by atoms with Crippen LogP contribution in [0.4, 0.5) is 24.5 Å². The second-order valence-corrected chi connectivity index (χ2v) is 6.14. The van der Waals surface area contributed by atoms with Crippen molar-refractivity contribution >= 4 is 17.3 Å². The minimum absolute atomic E-state index is 0.151. The zero-order valence-electron chi connectivity index (χ0n) is 15.1. The summed E-state index contributed by atoms with van der Waals surface area (Å²) in [5.41, 5.74) is -0.953. The van der Waals surface area contributed by atoms with Gasteiger partial charge in [0.25, 0.3) is 6.43 Å². The minimum Gasteiger partial charge on any atom is -0.322 e. The van der Waals surface area contributed by atoms with Crippen molar-refractivity contribution in [3.8, 4) is 0 Å². The van der Waals surface area contributed by atoms with E-state index in [4.69, 9.17) is 0 Å². The quantitative estimate of drug-likeness (QED) is 0.478. The molecule has 0 saturated carbocycles. The zero-order valence-corrected chi connectivity index (χ0v) is 15.1. The molecule has 12 heteroatoms. The van der Waals surface area contributed by atoms with Crippen molar-refractivity contribution in [3.05, 3.63) is 69.5 Å². The Morgan fingerprint density at radius 2 is 2.14 bits per heavy atom. The van der Waals surface area contributed by atoms with Gasteiger partial charge in [-0.2, -0.15) is 10.2 Å². The highest BCUT2D eigenvalue weighted by atomic mass is 19.3. The van der Waals surface area contributed by atoms with Crippen molar-refractivity contribution in [1.29, 1.82) is 0 Å². The van der Waals surface area contributed by atoms with Crippen molar-refractivity contribution < 1.29 is 22.9 Å². The van der Waals surface area contributed by atoms with Crippen LogP contribution in [0.15, 0.2) is 36.7 Å². The molecule has 0 bridgehead atoms. The van der Waals surface area contributed by atoms with Crippen LogP contribution in [0.5, 0.6) is 0 Å². The lowest BCUT2D eigenvalue weighted by Gasteiger charge is -2.04. The molecule has 0 unspecified atom stereocenters. The van der Waals surface area contributed by atoms with Gasteiger partial charge >= 0.3 is 5.69 Å². The largest absolute Gasteiger partial charge is 0.322 e. The highest BCUT2D eigenvalue weighted by Crippen LogP contribution is 2.30. The van der Waals surface area contributed by atoms with Gasteiger partial charge in [0, 0.05) is 6.20 Å². The Morgan fingerprint density at radius 1 is 1.38 bits per heavy atom. The van der Waals surface area contributed by atoms with E-state index in [0.717, 1.165) is 4.68 Å². The third-order valence-corrected chi connectivity index (χ3v) is 4.03. The molecule has 1 aromatic carbocycles. The lowest BCUT2D eigenvalue weighted by Crippen LogP contribution is -2.20. The van der Waals surface area contributed by atoms with Crippen LogP contribution in [-0.2, 0) is 17.9 Å². The van der Waals surface area contributed by atoms with Crippen molar-refractivity contribution in [3.63, 3.8) is 0 Å². The molecule has 0 saturated heterocycles. The molecular formula is C17H15F3N6O3. The molecule has 3 rings (SSSR count). The van der Waals surface area contributed by atoms with Gasteiger partial charge in [0.2, 0.25) is 11.6 Å². The first kappa shape index (κ1) is 20.0. The number of benzene rings is 1. The maximum absolute atomic E-state index is 13.2. The third-order valence-electron chi connectivity index (χ3n) is 4.03. The molecule has 3 aromatic rings. The van der Waals surface area contributed by atoms with Crippen LogP contribution in [-0.4, -0.2) is 30.4 Å². The van der Waals surface area contributed by atoms with E-state index in [-0.39, 0.29) is 18.1 Å². The number of carbonyl (C=O) groups is 1. The summed E-state index contributed by atoms with van der Waals surface area (Å²) in [5, 5.41) is 21.0. The molecule has 0 aliphatic rings. The van der Waals surface area contributed by atoms with E-state index in [9.17, 15) is 28.1 Å². The van der Waals surface area contributed by atoms with E-state index >= 15 is 0 Å². The molecule has 1 N–H and O–H groups in total. The number of rotatable bonds is 7. The van der Waals surface area contributed by atoms with Crippen LogP contribution < -0.4 is 5.32 Å². The predicted octanol–water partition coefficient (Wildman–Crippen LogP) is 3.06. The molecule has 0 atom stereocenters. The van der Waals surface area contributed by atoms with E-state index in [1.54, 1.807) is 12.1 Å². The summed E-state index contributed by atoms with van der Waals surface area (Å²) in [6.45, 7) is 1.02. The molecule has 0 spiro atoms. The van der Waals surface area contributed by atoms with Gasteiger partial charge in [-0.3, -0.25) is 24.3 Å². The normalized spacial score (nSPS) is 11.1. The Morgan fingerprint density at radius 3 is 2.76 bits per heavy atom. The van der Waals surface area contributed by atoms with Gasteiger partial charge in [0.15, 0.2) is 0 Å². The molecule has 0 aliphatic heterocycles. The van der Waals surface area contributed by atoms with E-state index in [0.29, 0.717) is 11.3 Å². The number of nitro groups is 1. The molecule has 2 heterocycles. The number of halogens is 3. The summed E-state index contributed by atoms with van der Waals surface area (Å²) in [7, 11) is 0. The Kier molecular flexibility index (Phi) is 5.61. The maximum atomic E-state index is 13.2. The number of carbonyl (C=O) groups excluding carboxylic acids is 1. The summed E-state index contributed by atoms with van der Waals surface area (Å²) in [6.07, 6.45) is -0.272. The SMILES string of the molecule is Cc1c([N+](=O)[O-])c(C(F)F)nn1CC(=O)Nc1cnn(Cc2cccc(F)c2)c1. The number of anilines is 1. The lowest BCUT2D eigenvalue weighted by molar-refractivity contribution is -0.386. The highest BCUT2D eigenvalue weighted by Gasteiger charge is 2.31. The predicted molar refractivity (Wildman–Crippen MR) is 94.9 cm³/mol. The summed E-state index contributed by atoms with van der Waals surface area (Å²) < 4.78 is 41.5. The molecule has 1 amide bonds. The van der Waals surface area contributed by atoms with Gasteiger partial charge in [-0.05, 0) is 24.6 Å². The average molecular weight is 408 g/mol. The number of alkyl halides is 2. The first-order valence-electron chi connectivity index (χ1n) is 8.31. The number of hydrogen-bond donors (Lipinski definition) is 1. The van der Waals surface area contributed by atoms with Gasteiger partial charge in [-0.25, -0.2) is 13.2 Å². The fourth-order valence-electron chi connectivity index (χ4n) is 2.76. The van der Waals surface area contributed by atoms with E-state index in [2.05, 4.69) is 15.5 Å². The molecule has 0 fully saturated rings. The van der Waals surface area contributed by atoms with Gasteiger partial charge < -0.3 is 5.32 Å². The molecule has 152 valence electrons. The standard InChI is InChI=1S/C17H15F3N6O3/c1-10-16(26(28)29)15(17(19)20)23-25(10)9-14(27)22-13-6-21-24(8-13)7-11-3-2-4-12(18)5-11/h2-6,8,17H,7,9H2,1H3,(H,22,27). The summed E-state index contributed by atoms with van der Waals surface area (Å²) in [5.74, 6) is -1.01. The zero-order chi connectivity index (χ0) is 21.1. The minimum atomic E-state index is -3.14. The van der Waals surface area contributed by atoms with Crippen molar-refractivity contribution in [2.45, 2.75) is 26.4 Å². The molecule has 29 heavy (non-hydrogen) atoms. The first-order valence-corrected chi connectivity index (χ1v) is 8.31. The Balaban J connectivity index is 1.68. The second kappa shape index (κ2) is 8.12. The molecule has 0 aliphatic carbocycles. The number of amides is 1. The molecule has 2 aromatic heterocycles. The number of nitrogens with zero attached hydrogens (tertiary/aromatic N) is 5. The van der Waals surface area contributed by atoms with E-state index < -0.39 is 35.2 Å². The van der Waals surface area contributed by atoms with E-state index in [1.807, 2.05) is 0 Å². The van der Waals surface area contributed by atoms with Crippen LogP contribution >= 0.6 is 0 Å². The van der Waals surface area contributed by atoms with Crippen LogP contribution in [0.25, 0.3) is 0 Å². The van der Waals surface area contributed by atoms with Gasteiger partial charge in [0.05, 0.1) is 23.4 Å². The number of hydrogen-bond acceptors (Lipinski definition) is 5. The highest BCUT2D eigenvalue weighted by molar-refractivity contribution is 5.90. The monoisotopic (exact) mass is 408 g/mol. The second-order valence-electron chi connectivity index (χ2n) is 6.14. The van der Waals surface area contributed by atoms with Crippen LogP contribution in [0.2, 0.25) is 0 Å². The van der Waals surface area contributed by atoms with Gasteiger partial charge in [-0.1, -0.05) is 12.1 Å². The van der Waals surface area contributed by atoms with Crippen LogP contribution in [0.1, 0.15) is 23.4 Å². The Bertz CT molecular complexity index is 1060. The maximum Gasteiger partial charge on any atom is 0.319 e. The van der Waals surface area contributed by atoms with Crippen LogP contribution in [0, 0.1) is 22.9 Å². The fraction of sp³-hybridized carbons (Fsp3) is 0.235. The van der Waals surface area contributed by atoms with Crippen molar-refractivity contribution in [2.24, 2.45) is 0 Å². The van der Waals surface area contributed by atoms with Crippen LogP contribution in [0.3, 0.4) is 0 Å². The first-order chi connectivity index (χ1) is 13.7. The number of nitrogens with one attached hydrogen (secondary N) is 1. The Labute approximate surface area is 161 Å². The average Bonchev–Trinajstić information content (AvgIpc) is 3.19. The summed E-state index contributed by atoms with van der Waals surface area (Å²) in [6, 6.07) is 5.96. The smallest absolute Gasteiger partial charge is 0.319 e. The van der Waals surface area contributed by atoms with Crippen molar-refractivity contribution in [1.82, 2.24) is 19.6 Å².